The van der Waals surface area contributed by atoms with Crippen LogP contribution in [0.15, 0.2) is 24.3 Å². The van der Waals surface area contributed by atoms with Crippen LogP contribution in [0.4, 0.5) is 0 Å². The predicted octanol–water partition coefficient (Wildman–Crippen LogP) is 2.39. The first-order valence-corrected chi connectivity index (χ1v) is 8.74. The number of rotatable bonds is 3. The van der Waals surface area contributed by atoms with E-state index in [0.717, 1.165) is 12.0 Å². The molecule has 128 valence electrons. The van der Waals surface area contributed by atoms with Gasteiger partial charge in [-0.25, -0.2) is 0 Å². The predicted molar refractivity (Wildman–Crippen MR) is 87.9 cm³/mol. The van der Waals surface area contributed by atoms with Crippen molar-refractivity contribution in [2.45, 2.75) is 18.8 Å². The molecular formula is C18H20ClNO4. The van der Waals surface area contributed by atoms with Crippen molar-refractivity contribution in [3.05, 3.63) is 34.9 Å². The molecule has 1 aromatic rings. The number of carboxylic acids is 1. The molecule has 24 heavy (non-hydrogen) atoms. The van der Waals surface area contributed by atoms with Crippen LogP contribution in [0.1, 0.15) is 24.3 Å². The van der Waals surface area contributed by atoms with Crippen LogP contribution in [0.25, 0.3) is 0 Å². The van der Waals surface area contributed by atoms with Crippen molar-refractivity contribution in [3.8, 4) is 0 Å². The number of amides is 1. The summed E-state index contributed by atoms with van der Waals surface area (Å²) in [4.78, 5) is 26.4. The number of hydrogen-bond donors (Lipinski definition) is 1. The number of ether oxygens (including phenoxy) is 1. The third-order valence-corrected chi connectivity index (χ3v) is 6.06. The Kier molecular flexibility index (Phi) is 3.81. The van der Waals surface area contributed by atoms with Gasteiger partial charge < -0.3 is 14.7 Å². The third kappa shape index (κ3) is 2.50. The summed E-state index contributed by atoms with van der Waals surface area (Å²) >= 11 is 6.03. The highest BCUT2D eigenvalue weighted by Crippen LogP contribution is 2.51. The fourth-order valence-electron chi connectivity index (χ4n) is 4.28. The van der Waals surface area contributed by atoms with Gasteiger partial charge >= 0.3 is 5.97 Å². The quantitative estimate of drug-likeness (QED) is 0.910. The highest BCUT2D eigenvalue weighted by atomic mass is 35.5. The first kappa shape index (κ1) is 15.9. The van der Waals surface area contributed by atoms with Gasteiger partial charge in [0.1, 0.15) is 0 Å². The lowest BCUT2D eigenvalue weighted by atomic mass is 9.74. The standard InChI is InChI=1S/C18H20ClNO4/c19-13-3-1-2-11(6-13)14-7-15(14)16(21)20-8-12-9-24-5-4-18(12,10-20)17(22)23/h1-3,6,12,14-15H,4-5,7-10H2,(H,22,23)/t12-,14?,15?,18+/m0/s1. The summed E-state index contributed by atoms with van der Waals surface area (Å²) in [5.41, 5.74) is 0.266. The Labute approximate surface area is 145 Å². The molecule has 3 aliphatic rings. The number of carbonyl (C=O) groups excluding carboxylic acids is 1. The lowest BCUT2D eigenvalue weighted by Crippen LogP contribution is -2.45. The SMILES string of the molecule is O=C(C1CC1c1cccc(Cl)c1)N1C[C@H]2COCC[C@@]2(C(=O)O)C1. The molecule has 2 saturated heterocycles. The second-order valence-corrected chi connectivity index (χ2v) is 7.64. The van der Waals surface area contributed by atoms with E-state index in [0.29, 0.717) is 37.7 Å². The van der Waals surface area contributed by atoms with Crippen molar-refractivity contribution in [3.63, 3.8) is 0 Å². The van der Waals surface area contributed by atoms with Crippen LogP contribution in [-0.2, 0) is 14.3 Å². The summed E-state index contributed by atoms with van der Waals surface area (Å²) in [6.07, 6.45) is 1.30. The summed E-state index contributed by atoms with van der Waals surface area (Å²) in [5, 5.41) is 10.4. The average Bonchev–Trinajstić information content (AvgIpc) is 3.26. The Balaban J connectivity index is 1.48. The molecule has 1 saturated carbocycles. The van der Waals surface area contributed by atoms with Gasteiger partial charge in [0.15, 0.2) is 0 Å². The molecule has 6 heteroatoms. The van der Waals surface area contributed by atoms with Gasteiger partial charge in [-0.15, -0.1) is 0 Å². The van der Waals surface area contributed by atoms with Gasteiger partial charge in [-0.05, 0) is 36.5 Å². The molecule has 2 heterocycles. The number of carboxylic acid groups (broad SMARTS) is 1. The van der Waals surface area contributed by atoms with E-state index in [4.69, 9.17) is 16.3 Å². The van der Waals surface area contributed by atoms with Crippen LogP contribution in [0.3, 0.4) is 0 Å². The molecule has 5 nitrogen and oxygen atoms in total. The number of benzene rings is 1. The Morgan fingerprint density at radius 1 is 1.38 bits per heavy atom. The molecule has 0 bridgehead atoms. The molecule has 1 amide bonds. The number of fused-ring (bicyclic) bond motifs is 1. The lowest BCUT2D eigenvalue weighted by Gasteiger charge is -2.33. The van der Waals surface area contributed by atoms with Crippen LogP contribution in [0, 0.1) is 17.3 Å². The number of halogens is 1. The van der Waals surface area contributed by atoms with Crippen LogP contribution < -0.4 is 0 Å². The van der Waals surface area contributed by atoms with E-state index in [9.17, 15) is 14.7 Å². The van der Waals surface area contributed by atoms with Crippen molar-refractivity contribution in [1.82, 2.24) is 4.90 Å². The summed E-state index contributed by atoms with van der Waals surface area (Å²) in [5.74, 6) is -0.661. The second-order valence-electron chi connectivity index (χ2n) is 7.21. The number of hydrogen-bond acceptors (Lipinski definition) is 3. The molecular weight excluding hydrogens is 330 g/mol. The molecule has 0 spiro atoms. The lowest BCUT2D eigenvalue weighted by molar-refractivity contribution is -0.157. The minimum atomic E-state index is -0.825. The molecule has 0 aromatic heterocycles. The Morgan fingerprint density at radius 2 is 2.21 bits per heavy atom. The maximum Gasteiger partial charge on any atom is 0.311 e. The molecule has 1 N–H and O–H groups in total. The molecule has 1 aromatic carbocycles. The fraction of sp³-hybridized carbons (Fsp3) is 0.556. The number of nitrogens with zero attached hydrogens (tertiary/aromatic N) is 1. The molecule has 4 atom stereocenters. The molecule has 1 aliphatic carbocycles. The minimum Gasteiger partial charge on any atom is -0.481 e. The summed E-state index contributed by atoms with van der Waals surface area (Å²) in [7, 11) is 0. The van der Waals surface area contributed by atoms with Gasteiger partial charge in [0, 0.05) is 36.6 Å². The maximum atomic E-state index is 12.8. The van der Waals surface area contributed by atoms with Gasteiger partial charge in [-0.3, -0.25) is 9.59 Å². The zero-order valence-corrected chi connectivity index (χ0v) is 14.0. The van der Waals surface area contributed by atoms with Gasteiger partial charge in [-0.2, -0.15) is 0 Å². The Hall–Kier alpha value is -1.59. The Morgan fingerprint density at radius 3 is 2.92 bits per heavy atom. The summed E-state index contributed by atoms with van der Waals surface area (Å²) in [6.45, 7) is 1.69. The largest absolute Gasteiger partial charge is 0.481 e. The number of carbonyl (C=O) groups is 2. The van der Waals surface area contributed by atoms with E-state index in [1.54, 1.807) is 4.90 Å². The van der Waals surface area contributed by atoms with Crippen molar-refractivity contribution >= 4 is 23.5 Å². The van der Waals surface area contributed by atoms with Crippen LogP contribution in [0.5, 0.6) is 0 Å². The minimum absolute atomic E-state index is 0.0459. The van der Waals surface area contributed by atoms with E-state index in [1.165, 1.54) is 0 Å². The van der Waals surface area contributed by atoms with Crippen molar-refractivity contribution < 1.29 is 19.4 Å². The zero-order valence-electron chi connectivity index (χ0n) is 13.3. The smallest absolute Gasteiger partial charge is 0.311 e. The van der Waals surface area contributed by atoms with E-state index < -0.39 is 11.4 Å². The molecule has 4 rings (SSSR count). The van der Waals surface area contributed by atoms with Crippen molar-refractivity contribution in [2.24, 2.45) is 17.3 Å². The van der Waals surface area contributed by atoms with Gasteiger partial charge in [-0.1, -0.05) is 23.7 Å². The molecule has 2 unspecified atom stereocenters. The Bertz CT molecular complexity index is 693. The van der Waals surface area contributed by atoms with Gasteiger partial charge in [0.05, 0.1) is 12.0 Å². The average molecular weight is 350 g/mol. The van der Waals surface area contributed by atoms with E-state index in [-0.39, 0.29) is 23.7 Å². The summed E-state index contributed by atoms with van der Waals surface area (Å²) in [6, 6.07) is 7.64. The van der Waals surface area contributed by atoms with Gasteiger partial charge in [0.2, 0.25) is 5.91 Å². The molecule has 0 radical (unpaired) electrons. The van der Waals surface area contributed by atoms with Crippen LogP contribution in [0.2, 0.25) is 5.02 Å². The van der Waals surface area contributed by atoms with E-state index in [2.05, 4.69) is 0 Å². The topological polar surface area (TPSA) is 66.8 Å². The second kappa shape index (κ2) is 5.74. The molecule has 2 aliphatic heterocycles. The normalized spacial score (nSPS) is 34.7. The first-order chi connectivity index (χ1) is 11.5. The van der Waals surface area contributed by atoms with Crippen molar-refractivity contribution in [1.29, 1.82) is 0 Å². The highest BCUT2D eigenvalue weighted by molar-refractivity contribution is 6.30. The third-order valence-electron chi connectivity index (χ3n) is 5.83. The van der Waals surface area contributed by atoms with E-state index in [1.807, 2.05) is 24.3 Å². The van der Waals surface area contributed by atoms with Crippen LogP contribution in [-0.4, -0.2) is 48.2 Å². The van der Waals surface area contributed by atoms with Crippen LogP contribution >= 0.6 is 11.6 Å². The van der Waals surface area contributed by atoms with E-state index >= 15 is 0 Å². The monoisotopic (exact) mass is 349 g/mol. The van der Waals surface area contributed by atoms with Crippen molar-refractivity contribution in [2.75, 3.05) is 26.3 Å². The number of aliphatic carboxylic acids is 1. The summed E-state index contributed by atoms with van der Waals surface area (Å²) < 4.78 is 5.45. The fourth-order valence-corrected chi connectivity index (χ4v) is 4.47. The number of likely N-dealkylation sites (tertiary alicyclic amines) is 1. The molecule has 3 fully saturated rings. The highest BCUT2D eigenvalue weighted by Gasteiger charge is 2.57. The first-order valence-electron chi connectivity index (χ1n) is 8.37. The maximum absolute atomic E-state index is 12.8. The zero-order chi connectivity index (χ0) is 16.9. The van der Waals surface area contributed by atoms with Gasteiger partial charge in [0.25, 0.3) is 0 Å².